The molecule has 0 saturated heterocycles. The van der Waals surface area contributed by atoms with E-state index < -0.39 is 0 Å². The van der Waals surface area contributed by atoms with E-state index in [-0.39, 0.29) is 5.69 Å². The summed E-state index contributed by atoms with van der Waals surface area (Å²) in [6.45, 7) is 17.3. The molecule has 0 saturated carbocycles. The topological polar surface area (TPSA) is 36.2 Å². The van der Waals surface area contributed by atoms with E-state index in [0.717, 1.165) is 28.0 Å². The molecular formula is C24H30N2O2. The minimum Gasteiger partial charge on any atom is -0.491 e. The molecule has 3 aromatic rings. The van der Waals surface area contributed by atoms with Crippen LogP contribution in [0, 0.1) is 20.8 Å². The number of hydrogen-bond donors (Lipinski definition) is 0. The molecule has 0 spiro atoms. The molecule has 28 heavy (non-hydrogen) atoms. The van der Waals surface area contributed by atoms with E-state index in [1.54, 1.807) is 9.13 Å². The Labute approximate surface area is 167 Å². The summed E-state index contributed by atoms with van der Waals surface area (Å²) < 4.78 is 9.60. The molecule has 0 N–H and O–H groups in total. The number of hydrogen-bond acceptors (Lipinski definition) is 2. The predicted molar refractivity (Wildman–Crippen MR) is 117 cm³/mol. The SMILES string of the molecule is C=C(C)n1c(=O)n(CCOc2cc(C)ccc2C(C)C)c2cc(C)c(C)cc21. The zero-order valence-electron chi connectivity index (χ0n) is 17.8. The van der Waals surface area contributed by atoms with Gasteiger partial charge in [0.25, 0.3) is 0 Å². The molecule has 148 valence electrons. The van der Waals surface area contributed by atoms with Crippen LogP contribution in [0.3, 0.4) is 0 Å². The van der Waals surface area contributed by atoms with Crippen molar-refractivity contribution in [1.82, 2.24) is 9.13 Å². The third-order valence-electron chi connectivity index (χ3n) is 5.29. The molecule has 0 atom stereocenters. The second-order valence-corrected chi connectivity index (χ2v) is 7.97. The van der Waals surface area contributed by atoms with Crippen LogP contribution in [0.15, 0.2) is 41.7 Å². The van der Waals surface area contributed by atoms with Crippen molar-refractivity contribution in [2.75, 3.05) is 6.61 Å². The molecule has 0 aliphatic carbocycles. The Morgan fingerprint density at radius 2 is 1.71 bits per heavy atom. The van der Waals surface area contributed by atoms with Crippen molar-refractivity contribution >= 4 is 16.7 Å². The van der Waals surface area contributed by atoms with Gasteiger partial charge in [-0.05, 0) is 74.1 Å². The summed E-state index contributed by atoms with van der Waals surface area (Å²) >= 11 is 0. The van der Waals surface area contributed by atoms with Crippen molar-refractivity contribution < 1.29 is 4.74 Å². The fraction of sp³-hybridized carbons (Fsp3) is 0.375. The standard InChI is InChI=1S/C24H30N2O2/c1-15(2)20-9-8-17(5)12-23(20)28-11-10-25-21-13-18(6)19(7)14-22(21)26(16(3)4)24(25)27/h8-9,12-15H,3,10-11H2,1-2,4-7H3. The first-order chi connectivity index (χ1) is 13.2. The van der Waals surface area contributed by atoms with Gasteiger partial charge in [-0.1, -0.05) is 32.6 Å². The Morgan fingerprint density at radius 3 is 2.32 bits per heavy atom. The number of benzene rings is 2. The average Bonchev–Trinajstić information content (AvgIpc) is 2.86. The molecule has 4 nitrogen and oxygen atoms in total. The molecular weight excluding hydrogens is 348 g/mol. The highest BCUT2D eigenvalue weighted by atomic mass is 16.5. The summed E-state index contributed by atoms with van der Waals surface area (Å²) in [6.07, 6.45) is 0. The Bertz CT molecular complexity index is 1100. The third kappa shape index (κ3) is 3.64. The van der Waals surface area contributed by atoms with Crippen molar-refractivity contribution in [2.45, 2.75) is 54.0 Å². The molecule has 2 aromatic carbocycles. The van der Waals surface area contributed by atoms with Gasteiger partial charge >= 0.3 is 5.69 Å². The molecule has 1 heterocycles. The molecule has 0 aliphatic rings. The number of aromatic nitrogens is 2. The number of fused-ring (bicyclic) bond motifs is 1. The average molecular weight is 379 g/mol. The smallest absolute Gasteiger partial charge is 0.333 e. The van der Waals surface area contributed by atoms with Crippen LogP contribution in [0.4, 0.5) is 0 Å². The zero-order valence-corrected chi connectivity index (χ0v) is 17.8. The van der Waals surface area contributed by atoms with Crippen molar-refractivity contribution in [2.24, 2.45) is 0 Å². The fourth-order valence-electron chi connectivity index (χ4n) is 3.58. The number of allylic oxidation sites excluding steroid dienone is 1. The van der Waals surface area contributed by atoms with E-state index in [0.29, 0.717) is 19.1 Å². The van der Waals surface area contributed by atoms with Crippen LogP contribution in [-0.2, 0) is 6.54 Å². The first kappa shape index (κ1) is 20.0. The summed E-state index contributed by atoms with van der Waals surface area (Å²) in [6, 6.07) is 10.5. The maximum absolute atomic E-state index is 13.0. The van der Waals surface area contributed by atoms with Gasteiger partial charge in [-0.2, -0.15) is 0 Å². The molecule has 0 amide bonds. The van der Waals surface area contributed by atoms with Crippen LogP contribution in [0.5, 0.6) is 5.75 Å². The lowest BCUT2D eigenvalue weighted by Crippen LogP contribution is -2.25. The number of ether oxygens (including phenoxy) is 1. The molecule has 0 bridgehead atoms. The van der Waals surface area contributed by atoms with Gasteiger partial charge in [-0.25, -0.2) is 4.79 Å². The first-order valence-corrected chi connectivity index (χ1v) is 9.82. The van der Waals surface area contributed by atoms with Crippen LogP contribution < -0.4 is 10.4 Å². The van der Waals surface area contributed by atoms with Gasteiger partial charge in [0.2, 0.25) is 0 Å². The lowest BCUT2D eigenvalue weighted by atomic mass is 10.0. The van der Waals surface area contributed by atoms with Crippen LogP contribution in [0.25, 0.3) is 16.7 Å². The molecule has 0 unspecified atom stereocenters. The van der Waals surface area contributed by atoms with E-state index in [4.69, 9.17) is 4.74 Å². The molecule has 0 radical (unpaired) electrons. The van der Waals surface area contributed by atoms with Gasteiger partial charge in [0.15, 0.2) is 0 Å². The highest BCUT2D eigenvalue weighted by Crippen LogP contribution is 2.27. The maximum Gasteiger partial charge on any atom is 0.333 e. The van der Waals surface area contributed by atoms with Crippen LogP contribution in [0.1, 0.15) is 48.9 Å². The van der Waals surface area contributed by atoms with E-state index in [1.165, 1.54) is 16.7 Å². The lowest BCUT2D eigenvalue weighted by molar-refractivity contribution is 0.294. The Hall–Kier alpha value is -2.75. The maximum atomic E-state index is 13.0. The summed E-state index contributed by atoms with van der Waals surface area (Å²) in [4.78, 5) is 13.0. The number of rotatable bonds is 6. The molecule has 3 rings (SSSR count). The van der Waals surface area contributed by atoms with Gasteiger partial charge < -0.3 is 4.74 Å². The van der Waals surface area contributed by atoms with Crippen molar-refractivity contribution in [1.29, 1.82) is 0 Å². The van der Waals surface area contributed by atoms with Gasteiger partial charge in [-0.3, -0.25) is 9.13 Å². The molecule has 0 aliphatic heterocycles. The minimum absolute atomic E-state index is 0.0653. The highest BCUT2D eigenvalue weighted by molar-refractivity contribution is 5.81. The second-order valence-electron chi connectivity index (χ2n) is 7.97. The van der Waals surface area contributed by atoms with Gasteiger partial charge in [0.1, 0.15) is 12.4 Å². The van der Waals surface area contributed by atoms with Crippen molar-refractivity contribution in [3.63, 3.8) is 0 Å². The van der Waals surface area contributed by atoms with Gasteiger partial charge in [0.05, 0.1) is 17.6 Å². The Morgan fingerprint density at radius 1 is 1.07 bits per heavy atom. The van der Waals surface area contributed by atoms with Gasteiger partial charge in [0, 0.05) is 5.70 Å². The quantitative estimate of drug-likeness (QED) is 0.574. The fourth-order valence-corrected chi connectivity index (χ4v) is 3.58. The monoisotopic (exact) mass is 378 g/mol. The highest BCUT2D eigenvalue weighted by Gasteiger charge is 2.15. The van der Waals surface area contributed by atoms with E-state index >= 15 is 0 Å². The summed E-state index contributed by atoms with van der Waals surface area (Å²) in [5, 5.41) is 0. The molecule has 0 fully saturated rings. The number of nitrogens with zero attached hydrogens (tertiary/aromatic N) is 2. The van der Waals surface area contributed by atoms with Crippen molar-refractivity contribution in [3.8, 4) is 5.75 Å². The Kier molecular flexibility index (Phi) is 5.50. The minimum atomic E-state index is -0.0653. The van der Waals surface area contributed by atoms with Crippen LogP contribution in [0.2, 0.25) is 0 Å². The molecule has 1 aromatic heterocycles. The third-order valence-corrected chi connectivity index (χ3v) is 5.29. The predicted octanol–water partition coefficient (Wildman–Crippen LogP) is 5.42. The van der Waals surface area contributed by atoms with Crippen molar-refractivity contribution in [3.05, 3.63) is 69.6 Å². The van der Waals surface area contributed by atoms with E-state index in [1.807, 2.05) is 6.92 Å². The van der Waals surface area contributed by atoms with E-state index in [9.17, 15) is 4.79 Å². The summed E-state index contributed by atoms with van der Waals surface area (Å²) in [7, 11) is 0. The summed E-state index contributed by atoms with van der Waals surface area (Å²) in [5.74, 6) is 1.29. The number of imidazole rings is 1. The Balaban J connectivity index is 1.95. The zero-order chi connectivity index (χ0) is 20.6. The number of aryl methyl sites for hydroxylation is 3. The first-order valence-electron chi connectivity index (χ1n) is 9.82. The summed E-state index contributed by atoms with van der Waals surface area (Å²) in [5.41, 5.74) is 7.17. The van der Waals surface area contributed by atoms with Crippen LogP contribution >= 0.6 is 0 Å². The second kappa shape index (κ2) is 7.70. The van der Waals surface area contributed by atoms with Crippen LogP contribution in [-0.4, -0.2) is 15.7 Å². The van der Waals surface area contributed by atoms with Gasteiger partial charge in [-0.15, -0.1) is 0 Å². The molecule has 4 heteroatoms. The lowest BCUT2D eigenvalue weighted by Gasteiger charge is -2.15. The largest absolute Gasteiger partial charge is 0.491 e. The van der Waals surface area contributed by atoms with E-state index in [2.05, 4.69) is 71.5 Å². The normalized spacial score (nSPS) is 11.4.